The Labute approximate surface area is 153 Å². The van der Waals surface area contributed by atoms with Crippen molar-refractivity contribution in [1.29, 1.82) is 0 Å². The summed E-state index contributed by atoms with van der Waals surface area (Å²) < 4.78 is 33.0. The molecule has 0 amide bonds. The molecule has 0 fully saturated rings. The van der Waals surface area contributed by atoms with Gasteiger partial charge in [0.2, 0.25) is 10.0 Å². The Bertz CT molecular complexity index is 938. The first-order valence-electron chi connectivity index (χ1n) is 9.14. The Morgan fingerprint density at radius 3 is 2.92 bits per heavy atom. The van der Waals surface area contributed by atoms with Gasteiger partial charge in [-0.3, -0.25) is 0 Å². The summed E-state index contributed by atoms with van der Waals surface area (Å²) in [6.07, 6.45) is 7.02. The van der Waals surface area contributed by atoms with E-state index in [1.807, 2.05) is 0 Å². The van der Waals surface area contributed by atoms with Crippen molar-refractivity contribution in [3.8, 4) is 0 Å². The fraction of sp³-hybridized carbons (Fsp3) is 0.647. The molecular weight excluding hydrogens is 354 g/mol. The van der Waals surface area contributed by atoms with Crippen LogP contribution in [0.2, 0.25) is 0 Å². The van der Waals surface area contributed by atoms with E-state index in [9.17, 15) is 8.42 Å². The van der Waals surface area contributed by atoms with Gasteiger partial charge < -0.3 is 15.0 Å². The molecule has 9 heteroatoms. The number of fused-ring (bicyclic) bond motifs is 5. The lowest BCUT2D eigenvalue weighted by molar-refractivity contribution is 0.0533. The number of nitrogen functional groups attached to an aromatic ring is 1. The molecule has 26 heavy (non-hydrogen) atoms. The number of hydrogen-bond acceptors (Lipinski definition) is 6. The second kappa shape index (κ2) is 6.79. The van der Waals surface area contributed by atoms with Crippen molar-refractivity contribution in [2.75, 3.05) is 25.1 Å². The topological polar surface area (TPSA) is 112 Å². The SMILES string of the molecule is CS(=O)(=O)NCCC[C@@H]1COCc2nc3c(N)nc4c(c3n21)CCCC4. The van der Waals surface area contributed by atoms with E-state index in [2.05, 4.69) is 14.3 Å². The van der Waals surface area contributed by atoms with Crippen LogP contribution in [0.25, 0.3) is 11.0 Å². The summed E-state index contributed by atoms with van der Waals surface area (Å²) in [5.74, 6) is 1.39. The fourth-order valence-electron chi connectivity index (χ4n) is 4.08. The van der Waals surface area contributed by atoms with Crippen LogP contribution in [0.5, 0.6) is 0 Å². The molecule has 1 aliphatic heterocycles. The van der Waals surface area contributed by atoms with Crippen LogP contribution in [0.15, 0.2) is 0 Å². The van der Waals surface area contributed by atoms with E-state index >= 15 is 0 Å². The number of sulfonamides is 1. The third-order valence-electron chi connectivity index (χ3n) is 5.19. The zero-order chi connectivity index (χ0) is 18.3. The molecule has 2 aromatic rings. The Morgan fingerprint density at radius 2 is 2.12 bits per heavy atom. The Balaban J connectivity index is 1.68. The highest BCUT2D eigenvalue weighted by molar-refractivity contribution is 7.88. The number of nitrogens with zero attached hydrogens (tertiary/aromatic N) is 3. The molecule has 142 valence electrons. The average molecular weight is 379 g/mol. The van der Waals surface area contributed by atoms with Crippen molar-refractivity contribution < 1.29 is 13.2 Å². The van der Waals surface area contributed by atoms with Gasteiger partial charge in [-0.05, 0) is 44.1 Å². The summed E-state index contributed by atoms with van der Waals surface area (Å²) >= 11 is 0. The molecule has 0 radical (unpaired) electrons. The summed E-state index contributed by atoms with van der Waals surface area (Å²) in [5, 5.41) is 0. The van der Waals surface area contributed by atoms with Gasteiger partial charge in [-0.25, -0.2) is 23.1 Å². The minimum absolute atomic E-state index is 0.137. The lowest BCUT2D eigenvalue weighted by atomic mass is 9.94. The van der Waals surface area contributed by atoms with Crippen molar-refractivity contribution in [2.24, 2.45) is 0 Å². The number of hydrogen-bond donors (Lipinski definition) is 2. The minimum Gasteiger partial charge on any atom is -0.382 e. The molecule has 2 aromatic heterocycles. The van der Waals surface area contributed by atoms with Crippen LogP contribution < -0.4 is 10.5 Å². The molecule has 0 aromatic carbocycles. The molecule has 3 N–H and O–H groups in total. The number of aromatic nitrogens is 3. The Hall–Kier alpha value is -1.71. The van der Waals surface area contributed by atoms with Crippen molar-refractivity contribution in [2.45, 2.75) is 51.2 Å². The summed E-state index contributed by atoms with van der Waals surface area (Å²) in [7, 11) is -3.15. The number of ether oxygens (including phenoxy) is 1. The number of imidazole rings is 1. The molecule has 1 aliphatic carbocycles. The van der Waals surface area contributed by atoms with E-state index in [1.54, 1.807) is 0 Å². The summed E-state index contributed by atoms with van der Waals surface area (Å²) in [5.41, 5.74) is 10.5. The highest BCUT2D eigenvalue weighted by Gasteiger charge is 2.28. The maximum absolute atomic E-state index is 11.2. The fourth-order valence-corrected chi connectivity index (χ4v) is 4.59. The number of aryl methyl sites for hydroxylation is 2. The van der Waals surface area contributed by atoms with Gasteiger partial charge in [-0.15, -0.1) is 0 Å². The molecule has 0 saturated heterocycles. The van der Waals surface area contributed by atoms with Gasteiger partial charge in [0, 0.05) is 12.2 Å². The lowest BCUT2D eigenvalue weighted by Gasteiger charge is -2.28. The standard InChI is InChI=1S/C17H25N5O3S/c1-26(23,24)19-8-4-5-11-9-25-10-14-21-15-16(22(11)14)12-6-2-3-7-13(12)20-17(15)18/h11,19H,2-10H2,1H3,(H2,18,20)/t11-/m1/s1. The molecule has 3 heterocycles. The predicted molar refractivity (Wildman–Crippen MR) is 99.4 cm³/mol. The van der Waals surface area contributed by atoms with Gasteiger partial charge >= 0.3 is 0 Å². The Kier molecular flexibility index (Phi) is 4.62. The largest absolute Gasteiger partial charge is 0.382 e. The van der Waals surface area contributed by atoms with Crippen LogP contribution in [0.1, 0.15) is 48.8 Å². The molecule has 0 spiro atoms. The molecule has 0 bridgehead atoms. The first-order valence-corrected chi connectivity index (χ1v) is 11.0. The summed E-state index contributed by atoms with van der Waals surface area (Å²) in [6.45, 7) is 1.51. The average Bonchev–Trinajstić information content (AvgIpc) is 2.99. The van der Waals surface area contributed by atoms with Crippen LogP contribution in [0.4, 0.5) is 5.82 Å². The molecule has 1 atom stereocenters. The van der Waals surface area contributed by atoms with Gasteiger partial charge in [-0.1, -0.05) is 0 Å². The smallest absolute Gasteiger partial charge is 0.208 e. The quantitative estimate of drug-likeness (QED) is 0.757. The minimum atomic E-state index is -3.15. The van der Waals surface area contributed by atoms with Crippen molar-refractivity contribution in [1.82, 2.24) is 19.3 Å². The molecule has 2 aliphatic rings. The third kappa shape index (κ3) is 3.30. The number of nitrogens with two attached hydrogens (primary N) is 1. The first kappa shape index (κ1) is 17.7. The van der Waals surface area contributed by atoms with Gasteiger partial charge in [0.25, 0.3) is 0 Å². The third-order valence-corrected chi connectivity index (χ3v) is 5.92. The van der Waals surface area contributed by atoms with Gasteiger partial charge in [0.15, 0.2) is 5.82 Å². The molecule has 0 saturated carbocycles. The predicted octanol–water partition coefficient (Wildman–Crippen LogP) is 1.29. The van der Waals surface area contributed by atoms with Gasteiger partial charge in [0.1, 0.15) is 17.9 Å². The van der Waals surface area contributed by atoms with E-state index < -0.39 is 10.0 Å². The molecular formula is C17H25N5O3S. The van der Waals surface area contributed by atoms with Crippen molar-refractivity contribution in [3.05, 3.63) is 17.1 Å². The van der Waals surface area contributed by atoms with E-state index in [0.717, 1.165) is 61.1 Å². The summed E-state index contributed by atoms with van der Waals surface area (Å²) in [6, 6.07) is 0.137. The van der Waals surface area contributed by atoms with Crippen LogP contribution in [-0.2, 0) is 34.2 Å². The zero-order valence-corrected chi connectivity index (χ0v) is 15.8. The summed E-state index contributed by atoms with van der Waals surface area (Å²) in [4.78, 5) is 9.31. The normalized spacial score (nSPS) is 20.1. The number of nitrogens with one attached hydrogen (secondary N) is 1. The molecule has 8 nitrogen and oxygen atoms in total. The zero-order valence-electron chi connectivity index (χ0n) is 15.0. The van der Waals surface area contributed by atoms with E-state index in [4.69, 9.17) is 15.5 Å². The van der Waals surface area contributed by atoms with Crippen LogP contribution >= 0.6 is 0 Å². The van der Waals surface area contributed by atoms with Crippen molar-refractivity contribution in [3.63, 3.8) is 0 Å². The van der Waals surface area contributed by atoms with Crippen molar-refractivity contribution >= 4 is 26.9 Å². The second-order valence-electron chi connectivity index (χ2n) is 7.20. The monoisotopic (exact) mass is 379 g/mol. The van der Waals surface area contributed by atoms with E-state index in [1.165, 1.54) is 11.8 Å². The molecule has 0 unspecified atom stereocenters. The number of anilines is 1. The Morgan fingerprint density at radius 1 is 1.31 bits per heavy atom. The van der Waals surface area contributed by atoms with Gasteiger partial charge in [-0.2, -0.15) is 0 Å². The highest BCUT2D eigenvalue weighted by atomic mass is 32.2. The van der Waals surface area contributed by atoms with E-state index in [0.29, 0.717) is 25.6 Å². The number of pyridine rings is 1. The van der Waals surface area contributed by atoms with Gasteiger partial charge in [0.05, 0.1) is 24.4 Å². The maximum Gasteiger partial charge on any atom is 0.208 e. The number of rotatable bonds is 5. The molecule has 4 rings (SSSR count). The second-order valence-corrected chi connectivity index (χ2v) is 9.04. The lowest BCUT2D eigenvalue weighted by Crippen LogP contribution is -2.27. The van der Waals surface area contributed by atoms with Crippen LogP contribution in [-0.4, -0.2) is 42.4 Å². The van der Waals surface area contributed by atoms with E-state index in [-0.39, 0.29) is 6.04 Å². The maximum atomic E-state index is 11.2. The van der Waals surface area contributed by atoms with Crippen LogP contribution in [0, 0.1) is 0 Å². The first-order chi connectivity index (χ1) is 12.4. The highest BCUT2D eigenvalue weighted by Crippen LogP contribution is 2.36. The van der Waals surface area contributed by atoms with Crippen LogP contribution in [0.3, 0.4) is 0 Å².